The zero-order valence-corrected chi connectivity index (χ0v) is 25.4. The third-order valence-electron chi connectivity index (χ3n) is 9.08. The number of fused-ring (bicyclic) bond motifs is 2. The molecule has 6 rings (SSSR count). The molecule has 1 saturated heterocycles. The van der Waals surface area contributed by atoms with E-state index in [1.807, 2.05) is 24.3 Å². The number of halogens is 2. The van der Waals surface area contributed by atoms with E-state index in [1.165, 1.54) is 12.1 Å². The Labute approximate surface area is 256 Å². The van der Waals surface area contributed by atoms with Crippen molar-refractivity contribution < 1.29 is 22.4 Å². The van der Waals surface area contributed by atoms with E-state index in [4.69, 9.17) is 11.6 Å². The first-order chi connectivity index (χ1) is 20.6. The maximum atomic E-state index is 14.3. The Kier molecular flexibility index (Phi) is 7.95. The zero-order valence-electron chi connectivity index (χ0n) is 23.9. The van der Waals surface area contributed by atoms with Gasteiger partial charge in [0, 0.05) is 29.6 Å². The predicted molar refractivity (Wildman–Crippen MR) is 163 cm³/mol. The quantitative estimate of drug-likeness (QED) is 0.385. The molecule has 11 heteroatoms. The van der Waals surface area contributed by atoms with E-state index in [9.17, 15) is 22.4 Å². The largest absolute Gasteiger partial charge is 0.358 e. The molecule has 2 N–H and O–H groups in total. The van der Waals surface area contributed by atoms with Gasteiger partial charge < -0.3 is 10.6 Å². The summed E-state index contributed by atoms with van der Waals surface area (Å²) in [4.78, 5) is 27.6. The number of carbonyl (C=O) groups is 2. The fraction of sp³-hybridized carbons (Fsp3) is 0.375. The van der Waals surface area contributed by atoms with Gasteiger partial charge in [-0.2, -0.15) is 0 Å². The molecule has 3 aromatic rings. The van der Waals surface area contributed by atoms with Gasteiger partial charge in [-0.1, -0.05) is 29.8 Å². The van der Waals surface area contributed by atoms with Crippen molar-refractivity contribution in [1.82, 2.24) is 15.5 Å². The van der Waals surface area contributed by atoms with E-state index >= 15 is 0 Å². The molecule has 0 radical (unpaired) electrons. The molecule has 2 aliphatic heterocycles. The number of likely N-dealkylation sites (N-methyl/N-ethyl adjacent to an activating group) is 1. The van der Waals surface area contributed by atoms with Crippen molar-refractivity contribution in [3.63, 3.8) is 0 Å². The highest BCUT2D eigenvalue weighted by atomic mass is 35.5. The minimum Gasteiger partial charge on any atom is -0.358 e. The topological polar surface area (TPSA) is 98.8 Å². The Balaban J connectivity index is 1.39. The van der Waals surface area contributed by atoms with Gasteiger partial charge in [0.15, 0.2) is 0 Å². The molecule has 2 fully saturated rings. The second kappa shape index (κ2) is 11.6. The summed E-state index contributed by atoms with van der Waals surface area (Å²) in [6.45, 7) is 1.76. The van der Waals surface area contributed by atoms with Gasteiger partial charge in [0.25, 0.3) is 15.9 Å². The summed E-state index contributed by atoms with van der Waals surface area (Å²) in [7, 11) is -2.43. The number of carbonyl (C=O) groups excluding carboxylic acids is 2. The van der Waals surface area contributed by atoms with Gasteiger partial charge >= 0.3 is 0 Å². The van der Waals surface area contributed by atoms with Crippen molar-refractivity contribution in [1.29, 1.82) is 0 Å². The Morgan fingerprint density at radius 3 is 2.37 bits per heavy atom. The average Bonchev–Trinajstić information content (AvgIpc) is 3.81. The number of piperidine rings is 1. The molecule has 3 aliphatic rings. The number of benzene rings is 3. The van der Waals surface area contributed by atoms with E-state index in [2.05, 4.69) is 15.5 Å². The Morgan fingerprint density at radius 2 is 1.72 bits per heavy atom. The van der Waals surface area contributed by atoms with Gasteiger partial charge in [-0.3, -0.25) is 18.8 Å². The van der Waals surface area contributed by atoms with Gasteiger partial charge in [0.2, 0.25) is 5.91 Å². The monoisotopic (exact) mass is 624 g/mol. The first kappa shape index (κ1) is 29.6. The molecule has 1 saturated carbocycles. The summed E-state index contributed by atoms with van der Waals surface area (Å²) >= 11 is 6.29. The van der Waals surface area contributed by atoms with Gasteiger partial charge in [-0.15, -0.1) is 0 Å². The first-order valence-electron chi connectivity index (χ1n) is 14.5. The number of rotatable bonds is 8. The average molecular weight is 625 g/mol. The second-order valence-corrected chi connectivity index (χ2v) is 13.9. The fourth-order valence-corrected chi connectivity index (χ4v) is 8.73. The maximum Gasteiger partial charge on any atom is 0.264 e. The number of nitrogens with one attached hydrogen (secondary N) is 2. The molecule has 43 heavy (non-hydrogen) atoms. The summed E-state index contributed by atoms with van der Waals surface area (Å²) < 4.78 is 43.9. The highest BCUT2D eigenvalue weighted by Gasteiger charge is 2.60. The highest BCUT2D eigenvalue weighted by molar-refractivity contribution is 7.92. The number of hydrogen-bond donors (Lipinski definition) is 2. The van der Waals surface area contributed by atoms with Crippen LogP contribution in [-0.4, -0.2) is 57.9 Å². The second-order valence-electron chi connectivity index (χ2n) is 11.6. The molecule has 1 aliphatic carbocycles. The van der Waals surface area contributed by atoms with Crippen LogP contribution >= 0.6 is 11.6 Å². The summed E-state index contributed by atoms with van der Waals surface area (Å²) in [5, 5.41) is 6.19. The van der Waals surface area contributed by atoms with E-state index in [0.717, 1.165) is 36.1 Å². The molecule has 1 spiro atoms. The Hall–Kier alpha value is -3.47. The maximum absolute atomic E-state index is 14.3. The van der Waals surface area contributed by atoms with Crippen LogP contribution in [0.2, 0.25) is 5.02 Å². The van der Waals surface area contributed by atoms with Gasteiger partial charge in [0.1, 0.15) is 5.82 Å². The van der Waals surface area contributed by atoms with Crippen LogP contribution in [0, 0.1) is 11.7 Å². The van der Waals surface area contributed by atoms with Crippen LogP contribution in [-0.2, 0) is 26.8 Å². The molecule has 1 unspecified atom stereocenters. The third-order valence-corrected chi connectivity index (χ3v) is 11.3. The molecule has 3 aromatic carbocycles. The normalized spacial score (nSPS) is 19.7. The Morgan fingerprint density at radius 1 is 1.02 bits per heavy atom. The van der Waals surface area contributed by atoms with Crippen molar-refractivity contribution in [2.75, 3.05) is 31.0 Å². The summed E-state index contributed by atoms with van der Waals surface area (Å²) in [5.74, 6) is -0.699. The number of amides is 2. The minimum atomic E-state index is -4.05. The summed E-state index contributed by atoms with van der Waals surface area (Å²) in [6.07, 6.45) is 3.09. The van der Waals surface area contributed by atoms with Crippen molar-refractivity contribution in [2.45, 2.75) is 48.6 Å². The fourth-order valence-electron chi connectivity index (χ4n) is 6.73. The van der Waals surface area contributed by atoms with Crippen LogP contribution in [0.5, 0.6) is 0 Å². The molecular formula is C32H34ClFN4O4S. The van der Waals surface area contributed by atoms with Crippen LogP contribution in [0.4, 0.5) is 10.1 Å². The highest BCUT2D eigenvalue weighted by Crippen LogP contribution is 2.59. The van der Waals surface area contributed by atoms with E-state index in [-0.39, 0.29) is 41.8 Å². The van der Waals surface area contributed by atoms with E-state index < -0.39 is 21.3 Å². The SMILES string of the molecule is CNC(=O)CN1CCC2(CC1)c1cc(C(=O)NCc3ccccc3Cl)ccc1N(S(=O)(=O)c1ccc(F)cc1)C2C1CC1. The number of anilines is 1. The van der Waals surface area contributed by atoms with Crippen LogP contribution in [0.3, 0.4) is 0 Å². The standard InChI is InChI=1S/C32H34ClFN4O4S/c1-35-29(39)20-37-16-14-32(15-17-37)26-18-22(31(40)36-19-23-4-2-3-5-27(23)33)8-13-28(26)38(30(32)21-6-7-21)43(41,42)25-11-9-24(34)10-12-25/h2-5,8-13,18,21,30H,6-7,14-17,19-20H2,1H3,(H,35,39)(H,36,40). The van der Waals surface area contributed by atoms with Gasteiger partial charge in [-0.25, -0.2) is 12.8 Å². The van der Waals surface area contributed by atoms with Gasteiger partial charge in [0.05, 0.1) is 23.2 Å². The lowest BCUT2D eigenvalue weighted by atomic mass is 9.68. The zero-order chi connectivity index (χ0) is 30.4. The number of nitrogens with zero attached hydrogens (tertiary/aromatic N) is 2. The number of sulfonamides is 1. The first-order valence-corrected chi connectivity index (χ1v) is 16.3. The smallest absolute Gasteiger partial charge is 0.264 e. The van der Waals surface area contributed by atoms with Crippen molar-refractivity contribution in [3.05, 3.63) is 94.3 Å². The molecule has 0 bridgehead atoms. The molecule has 2 heterocycles. The van der Waals surface area contributed by atoms with E-state index in [0.29, 0.717) is 42.2 Å². The van der Waals surface area contributed by atoms with Crippen LogP contribution in [0.25, 0.3) is 0 Å². The van der Waals surface area contributed by atoms with Crippen molar-refractivity contribution in [2.24, 2.45) is 5.92 Å². The lowest BCUT2D eigenvalue weighted by Gasteiger charge is -2.45. The number of hydrogen-bond acceptors (Lipinski definition) is 5. The lowest BCUT2D eigenvalue weighted by Crippen LogP contribution is -2.54. The lowest BCUT2D eigenvalue weighted by molar-refractivity contribution is -0.122. The molecule has 1 atom stereocenters. The van der Waals surface area contributed by atoms with Crippen LogP contribution < -0.4 is 14.9 Å². The van der Waals surface area contributed by atoms with Crippen LogP contribution in [0.1, 0.15) is 47.2 Å². The van der Waals surface area contributed by atoms with Crippen LogP contribution in [0.15, 0.2) is 71.6 Å². The summed E-state index contributed by atoms with van der Waals surface area (Å²) in [5.41, 5.74) is 2.09. The molecule has 226 valence electrons. The minimum absolute atomic E-state index is 0.0289. The predicted octanol–water partition coefficient (Wildman–Crippen LogP) is 4.48. The molecule has 8 nitrogen and oxygen atoms in total. The Bertz CT molecular complexity index is 1650. The third kappa shape index (κ3) is 5.52. The van der Waals surface area contributed by atoms with Crippen molar-refractivity contribution in [3.8, 4) is 0 Å². The number of likely N-dealkylation sites (tertiary alicyclic amines) is 1. The van der Waals surface area contributed by atoms with Crippen molar-refractivity contribution >= 4 is 39.1 Å². The molecule has 0 aromatic heterocycles. The molecular weight excluding hydrogens is 591 g/mol. The summed E-state index contributed by atoms with van der Waals surface area (Å²) in [6, 6.07) is 17.2. The van der Waals surface area contributed by atoms with Gasteiger partial charge in [-0.05, 0) is 104 Å². The van der Waals surface area contributed by atoms with E-state index in [1.54, 1.807) is 29.6 Å². The molecule has 2 amide bonds.